The Morgan fingerprint density at radius 2 is 1.74 bits per heavy atom. The molecule has 3 heterocycles. The van der Waals surface area contributed by atoms with E-state index >= 15 is 4.39 Å². The van der Waals surface area contributed by atoms with Gasteiger partial charge in [0.15, 0.2) is 17.2 Å². The van der Waals surface area contributed by atoms with Crippen LogP contribution in [0.3, 0.4) is 0 Å². The molecular weight excluding hydrogens is 667 g/mol. The van der Waals surface area contributed by atoms with Crippen molar-refractivity contribution >= 4 is 45.2 Å². The average Bonchev–Trinajstić information content (AvgIpc) is 3.34. The predicted molar refractivity (Wildman–Crippen MR) is 166 cm³/mol. The van der Waals surface area contributed by atoms with E-state index in [1.54, 1.807) is 54.4 Å². The second kappa shape index (κ2) is 12.1. The molecule has 0 saturated heterocycles. The molecule has 1 amide bonds. The molecule has 6 rings (SSSR count). The number of anilines is 1. The van der Waals surface area contributed by atoms with Crippen LogP contribution in [-0.4, -0.2) is 32.8 Å². The molecular formula is C32H22F2IN5O3. The number of halogens is 3. The summed E-state index contributed by atoms with van der Waals surface area (Å²) >= 11 is 2.11. The summed E-state index contributed by atoms with van der Waals surface area (Å²) in [5.41, 5.74) is 3.13. The first-order valence-electron chi connectivity index (χ1n) is 13.0. The molecule has 3 aromatic heterocycles. The van der Waals surface area contributed by atoms with Gasteiger partial charge in [-0.2, -0.15) is 5.10 Å². The summed E-state index contributed by atoms with van der Waals surface area (Å²) < 4.78 is 42.1. The Bertz CT molecular complexity index is 1950. The zero-order valence-electron chi connectivity index (χ0n) is 22.6. The Kier molecular flexibility index (Phi) is 7.97. The van der Waals surface area contributed by atoms with Crippen molar-refractivity contribution in [2.24, 2.45) is 0 Å². The van der Waals surface area contributed by atoms with Crippen LogP contribution in [0.5, 0.6) is 17.2 Å². The van der Waals surface area contributed by atoms with Crippen molar-refractivity contribution in [1.82, 2.24) is 19.7 Å². The van der Waals surface area contributed by atoms with E-state index in [0.717, 1.165) is 11.3 Å². The molecule has 0 aliphatic rings. The standard InChI is InChI=1S/C32H22F2IN5O3/c1-42-23-12-5-19(6-13-23)18-40-31-29(30(35)39-40)28(15-16-36-31)43-27-14-11-22(17-24(27)34)37-32(41)26-4-2-3-25(38-26)20-7-9-21(33)10-8-20/h2-17H,18H2,1H3,(H,37,41). The maximum atomic E-state index is 15.2. The van der Waals surface area contributed by atoms with Crippen molar-refractivity contribution in [3.05, 3.63) is 124 Å². The topological polar surface area (TPSA) is 91.2 Å². The summed E-state index contributed by atoms with van der Waals surface area (Å²) in [4.78, 5) is 21.7. The molecule has 0 saturated carbocycles. The molecule has 6 aromatic rings. The fourth-order valence-corrected chi connectivity index (χ4v) is 5.21. The maximum absolute atomic E-state index is 15.2. The summed E-state index contributed by atoms with van der Waals surface area (Å²) in [6.07, 6.45) is 1.58. The summed E-state index contributed by atoms with van der Waals surface area (Å²) in [5.74, 6) is -0.426. The lowest BCUT2D eigenvalue weighted by molar-refractivity contribution is 0.102. The van der Waals surface area contributed by atoms with Gasteiger partial charge in [-0.3, -0.25) is 4.79 Å². The molecule has 0 aliphatic heterocycles. The fraction of sp³-hybridized carbons (Fsp3) is 0.0625. The van der Waals surface area contributed by atoms with E-state index in [1.807, 2.05) is 24.3 Å². The van der Waals surface area contributed by atoms with E-state index in [0.29, 0.717) is 38.3 Å². The summed E-state index contributed by atoms with van der Waals surface area (Å²) in [7, 11) is 1.62. The Labute approximate surface area is 258 Å². The second-order valence-electron chi connectivity index (χ2n) is 9.42. The quantitative estimate of drug-likeness (QED) is 0.167. The first-order chi connectivity index (χ1) is 20.9. The van der Waals surface area contributed by atoms with Gasteiger partial charge >= 0.3 is 0 Å². The Morgan fingerprint density at radius 1 is 0.953 bits per heavy atom. The summed E-state index contributed by atoms with van der Waals surface area (Å²) in [6, 6.07) is 24.2. The number of hydrogen-bond acceptors (Lipinski definition) is 6. The number of nitrogens with zero attached hydrogens (tertiary/aromatic N) is 4. The number of methoxy groups -OCH3 is 1. The minimum Gasteiger partial charge on any atom is -0.497 e. The van der Waals surface area contributed by atoms with Gasteiger partial charge in [0.25, 0.3) is 5.91 Å². The fourth-order valence-electron chi connectivity index (χ4n) is 4.44. The van der Waals surface area contributed by atoms with Crippen molar-refractivity contribution in [3.63, 3.8) is 0 Å². The van der Waals surface area contributed by atoms with Gasteiger partial charge in [0.1, 0.15) is 26.7 Å². The zero-order chi connectivity index (χ0) is 29.9. The van der Waals surface area contributed by atoms with Crippen LogP contribution in [0.25, 0.3) is 22.3 Å². The Balaban J connectivity index is 1.19. The highest BCUT2D eigenvalue weighted by molar-refractivity contribution is 14.1. The third-order valence-corrected chi connectivity index (χ3v) is 7.33. The first-order valence-corrected chi connectivity index (χ1v) is 14.1. The van der Waals surface area contributed by atoms with Gasteiger partial charge in [0.05, 0.1) is 24.7 Å². The largest absolute Gasteiger partial charge is 0.497 e. The molecule has 0 atom stereocenters. The van der Waals surface area contributed by atoms with E-state index in [-0.39, 0.29) is 22.9 Å². The van der Waals surface area contributed by atoms with E-state index < -0.39 is 11.7 Å². The SMILES string of the molecule is COc1ccc(Cn2nc(I)c3c(Oc4ccc(NC(=O)c5cccc(-c6ccc(F)cc6)n5)cc4F)ccnc32)cc1. The Morgan fingerprint density at radius 3 is 2.49 bits per heavy atom. The lowest BCUT2D eigenvalue weighted by Crippen LogP contribution is -2.14. The van der Waals surface area contributed by atoms with Gasteiger partial charge in [0, 0.05) is 29.6 Å². The molecule has 11 heteroatoms. The molecule has 0 unspecified atom stereocenters. The molecule has 0 radical (unpaired) electrons. The third kappa shape index (κ3) is 6.16. The number of nitrogens with one attached hydrogen (secondary N) is 1. The molecule has 0 aliphatic carbocycles. The minimum absolute atomic E-state index is 0.0272. The van der Waals surface area contributed by atoms with E-state index in [1.165, 1.54) is 30.3 Å². The van der Waals surface area contributed by atoms with E-state index in [9.17, 15) is 9.18 Å². The number of fused-ring (bicyclic) bond motifs is 1. The first kappa shape index (κ1) is 28.2. The normalized spacial score (nSPS) is 11.0. The van der Waals surface area contributed by atoms with Gasteiger partial charge in [-0.05, 0) is 88.8 Å². The number of ether oxygens (including phenoxy) is 2. The van der Waals surface area contributed by atoms with Crippen molar-refractivity contribution in [1.29, 1.82) is 0 Å². The predicted octanol–water partition coefficient (Wildman–Crippen LogP) is 7.48. The van der Waals surface area contributed by atoms with Crippen LogP contribution in [0.2, 0.25) is 0 Å². The molecule has 214 valence electrons. The van der Waals surface area contributed by atoms with E-state index in [2.05, 4.69) is 43.0 Å². The number of carbonyl (C=O) groups excluding carboxylic acids is 1. The van der Waals surface area contributed by atoms with Gasteiger partial charge in [0.2, 0.25) is 0 Å². The minimum atomic E-state index is -0.670. The number of carbonyl (C=O) groups is 1. The second-order valence-corrected chi connectivity index (χ2v) is 10.4. The number of amides is 1. The number of benzene rings is 3. The van der Waals surface area contributed by atoms with Gasteiger partial charge in [-0.1, -0.05) is 18.2 Å². The van der Waals surface area contributed by atoms with Crippen molar-refractivity contribution in [2.75, 3.05) is 12.4 Å². The highest BCUT2D eigenvalue weighted by atomic mass is 127. The molecule has 0 bridgehead atoms. The monoisotopic (exact) mass is 689 g/mol. The van der Waals surface area contributed by atoms with E-state index in [4.69, 9.17) is 9.47 Å². The lowest BCUT2D eigenvalue weighted by Gasteiger charge is -2.11. The van der Waals surface area contributed by atoms with Crippen LogP contribution < -0.4 is 14.8 Å². The zero-order valence-corrected chi connectivity index (χ0v) is 24.7. The van der Waals surface area contributed by atoms with Crippen LogP contribution in [0.4, 0.5) is 14.5 Å². The number of hydrogen-bond donors (Lipinski definition) is 1. The van der Waals surface area contributed by atoms with Crippen LogP contribution in [-0.2, 0) is 6.54 Å². The molecule has 0 fully saturated rings. The molecule has 0 spiro atoms. The summed E-state index contributed by atoms with van der Waals surface area (Å²) in [5, 5.41) is 7.94. The smallest absolute Gasteiger partial charge is 0.274 e. The molecule has 1 N–H and O–H groups in total. The van der Waals surface area contributed by atoms with Crippen molar-refractivity contribution < 1.29 is 23.0 Å². The molecule has 8 nitrogen and oxygen atoms in total. The van der Waals surface area contributed by atoms with Gasteiger partial charge < -0.3 is 14.8 Å². The van der Waals surface area contributed by atoms with Crippen LogP contribution in [0.1, 0.15) is 16.1 Å². The van der Waals surface area contributed by atoms with Crippen LogP contribution in [0, 0.1) is 15.3 Å². The summed E-state index contributed by atoms with van der Waals surface area (Å²) in [6.45, 7) is 0.477. The van der Waals surface area contributed by atoms with Crippen LogP contribution >= 0.6 is 22.6 Å². The van der Waals surface area contributed by atoms with Crippen molar-refractivity contribution in [3.8, 4) is 28.5 Å². The lowest BCUT2D eigenvalue weighted by atomic mass is 10.1. The number of aromatic nitrogens is 4. The van der Waals surface area contributed by atoms with Crippen molar-refractivity contribution in [2.45, 2.75) is 6.54 Å². The average molecular weight is 689 g/mol. The van der Waals surface area contributed by atoms with Gasteiger partial charge in [-0.25, -0.2) is 23.4 Å². The molecule has 43 heavy (non-hydrogen) atoms. The third-order valence-electron chi connectivity index (χ3n) is 6.57. The molecule has 3 aromatic carbocycles. The number of pyridine rings is 2. The highest BCUT2D eigenvalue weighted by Gasteiger charge is 2.18. The Hall–Kier alpha value is -4.91. The highest BCUT2D eigenvalue weighted by Crippen LogP contribution is 2.34. The number of rotatable bonds is 8. The van der Waals surface area contributed by atoms with Gasteiger partial charge in [-0.15, -0.1) is 0 Å². The van der Waals surface area contributed by atoms with Crippen LogP contribution in [0.15, 0.2) is 97.2 Å². The maximum Gasteiger partial charge on any atom is 0.274 e.